The maximum Gasteiger partial charge on any atom is 0.459 e. The minimum Gasteiger partial charge on any atom is -0.459 e. The predicted octanol–water partition coefficient (Wildman–Crippen LogP) is 6.44. The van der Waals surface area contributed by atoms with Crippen molar-refractivity contribution in [3.8, 4) is 5.75 Å². The normalized spacial score (nSPS) is 14.9. The molecule has 3 N–H and O–H groups in total. The van der Waals surface area contributed by atoms with Crippen molar-refractivity contribution in [2.24, 2.45) is 0 Å². The van der Waals surface area contributed by atoms with E-state index in [0.717, 1.165) is 10.9 Å². The molecular formula is C29H37ClN5O6P. The highest BCUT2D eigenvalue weighted by Gasteiger charge is 2.34. The second kappa shape index (κ2) is 13.0. The zero-order valence-electron chi connectivity index (χ0n) is 24.6. The van der Waals surface area contributed by atoms with Gasteiger partial charge in [0.15, 0.2) is 5.82 Å². The van der Waals surface area contributed by atoms with Crippen LogP contribution < -0.4 is 15.3 Å². The lowest BCUT2D eigenvalue weighted by molar-refractivity contribution is -0.156. The Morgan fingerprint density at radius 2 is 1.81 bits per heavy atom. The average Bonchev–Trinajstić information content (AvgIpc) is 3.31. The predicted molar refractivity (Wildman–Crippen MR) is 164 cm³/mol. The van der Waals surface area contributed by atoms with Crippen LogP contribution in [-0.2, 0) is 30.0 Å². The van der Waals surface area contributed by atoms with E-state index < -0.39 is 31.4 Å². The summed E-state index contributed by atoms with van der Waals surface area (Å²) in [5.41, 5.74) is 7.58. The Morgan fingerprint density at radius 3 is 2.48 bits per heavy atom. The number of carbonyl (C=O) groups is 1. The Morgan fingerprint density at radius 1 is 1.12 bits per heavy atom. The SMILES string of the molecule is CCOCc1nc2c(N)nc3ccccc3c2n1[C@@H](C)COP(=O)(N[C@@H](C)C(=O)OC(C)(C)C)Oc1ccc(Cl)cc1. The first-order chi connectivity index (χ1) is 19.8. The van der Waals surface area contributed by atoms with Gasteiger partial charge in [-0.1, -0.05) is 29.8 Å². The molecule has 2 heterocycles. The van der Waals surface area contributed by atoms with Gasteiger partial charge in [0.1, 0.15) is 35.3 Å². The number of nitrogen functional groups attached to an aromatic ring is 1. The van der Waals surface area contributed by atoms with Gasteiger partial charge in [0, 0.05) is 17.0 Å². The number of benzene rings is 2. The topological polar surface area (TPSA) is 140 Å². The Balaban J connectivity index is 1.68. The lowest BCUT2D eigenvalue weighted by Crippen LogP contribution is -2.39. The molecule has 3 atom stereocenters. The van der Waals surface area contributed by atoms with E-state index in [1.807, 2.05) is 42.7 Å². The van der Waals surface area contributed by atoms with E-state index in [9.17, 15) is 9.36 Å². The number of para-hydroxylation sites is 1. The number of imidazole rings is 1. The number of nitrogens with two attached hydrogens (primary N) is 1. The number of aromatic nitrogens is 3. The molecule has 0 spiro atoms. The Labute approximate surface area is 250 Å². The van der Waals surface area contributed by atoms with Gasteiger partial charge in [-0.2, -0.15) is 5.09 Å². The van der Waals surface area contributed by atoms with Gasteiger partial charge in [0.2, 0.25) is 0 Å². The zero-order valence-corrected chi connectivity index (χ0v) is 26.2. The van der Waals surface area contributed by atoms with E-state index in [2.05, 4.69) is 10.1 Å². The molecule has 4 rings (SSSR count). The molecule has 0 aliphatic rings. The van der Waals surface area contributed by atoms with Gasteiger partial charge in [0.05, 0.1) is 23.7 Å². The molecule has 11 nitrogen and oxygen atoms in total. The summed E-state index contributed by atoms with van der Waals surface area (Å²) in [6.45, 7) is 11.2. The number of ether oxygens (including phenoxy) is 2. The van der Waals surface area contributed by atoms with Gasteiger partial charge >= 0.3 is 13.7 Å². The van der Waals surface area contributed by atoms with Crippen LogP contribution in [0.1, 0.15) is 53.4 Å². The summed E-state index contributed by atoms with van der Waals surface area (Å²) < 4.78 is 39.1. The van der Waals surface area contributed by atoms with Crippen LogP contribution in [0.15, 0.2) is 48.5 Å². The quantitative estimate of drug-likeness (QED) is 0.135. The number of halogens is 1. The third kappa shape index (κ3) is 7.59. The molecule has 0 aliphatic carbocycles. The van der Waals surface area contributed by atoms with Crippen LogP contribution in [0, 0.1) is 0 Å². The molecule has 1 unspecified atom stereocenters. The maximum atomic E-state index is 14.1. The average molecular weight is 618 g/mol. The van der Waals surface area contributed by atoms with Gasteiger partial charge < -0.3 is 24.3 Å². The second-order valence-electron chi connectivity index (χ2n) is 10.8. The van der Waals surface area contributed by atoms with Crippen LogP contribution in [0.3, 0.4) is 0 Å². The lowest BCUT2D eigenvalue weighted by Gasteiger charge is -2.27. The molecule has 13 heteroatoms. The summed E-state index contributed by atoms with van der Waals surface area (Å²) in [7, 11) is -4.14. The first-order valence-electron chi connectivity index (χ1n) is 13.6. The van der Waals surface area contributed by atoms with Crippen molar-refractivity contribution in [1.82, 2.24) is 19.6 Å². The Kier molecular flexibility index (Phi) is 9.80. The molecular weight excluding hydrogens is 581 g/mol. The number of nitrogens with zero attached hydrogens (tertiary/aromatic N) is 3. The second-order valence-corrected chi connectivity index (χ2v) is 12.9. The van der Waals surface area contributed by atoms with Crippen molar-refractivity contribution >= 4 is 53.1 Å². The van der Waals surface area contributed by atoms with Crippen LogP contribution in [0.2, 0.25) is 5.02 Å². The van der Waals surface area contributed by atoms with Gasteiger partial charge in [-0.3, -0.25) is 9.32 Å². The van der Waals surface area contributed by atoms with Gasteiger partial charge in [-0.15, -0.1) is 0 Å². The lowest BCUT2D eigenvalue weighted by atomic mass is 10.1. The van der Waals surface area contributed by atoms with Crippen molar-refractivity contribution in [3.05, 3.63) is 59.4 Å². The number of anilines is 1. The van der Waals surface area contributed by atoms with Crippen LogP contribution in [-0.4, -0.2) is 45.4 Å². The Hall–Kier alpha value is -3.21. The van der Waals surface area contributed by atoms with Crippen LogP contribution in [0.5, 0.6) is 5.75 Å². The largest absolute Gasteiger partial charge is 0.459 e. The summed E-state index contributed by atoms with van der Waals surface area (Å²) >= 11 is 6.02. The van der Waals surface area contributed by atoms with Crippen LogP contribution >= 0.6 is 19.3 Å². The van der Waals surface area contributed by atoms with Crippen molar-refractivity contribution in [2.45, 2.75) is 65.8 Å². The molecule has 0 fully saturated rings. The summed E-state index contributed by atoms with van der Waals surface area (Å²) in [6, 6.07) is 12.5. The van der Waals surface area contributed by atoms with Crippen molar-refractivity contribution < 1.29 is 27.9 Å². The van der Waals surface area contributed by atoms with E-state index in [1.165, 1.54) is 6.92 Å². The fraction of sp³-hybridized carbons (Fsp3) is 0.414. The van der Waals surface area contributed by atoms with Gasteiger partial charge in [-0.05, 0) is 71.9 Å². The van der Waals surface area contributed by atoms with Crippen LogP contribution in [0.25, 0.3) is 21.9 Å². The van der Waals surface area contributed by atoms with Crippen molar-refractivity contribution in [2.75, 3.05) is 18.9 Å². The Bertz CT molecular complexity index is 1600. The van der Waals surface area contributed by atoms with E-state index in [1.54, 1.807) is 45.0 Å². The third-order valence-electron chi connectivity index (χ3n) is 6.14. The molecule has 0 saturated heterocycles. The van der Waals surface area contributed by atoms with Crippen molar-refractivity contribution in [3.63, 3.8) is 0 Å². The number of hydrogen-bond acceptors (Lipinski definition) is 9. The minimum atomic E-state index is -4.14. The fourth-order valence-corrected chi connectivity index (χ4v) is 6.02. The van der Waals surface area contributed by atoms with E-state index in [-0.39, 0.29) is 24.8 Å². The molecule has 4 aromatic rings. The van der Waals surface area contributed by atoms with Crippen molar-refractivity contribution in [1.29, 1.82) is 0 Å². The van der Waals surface area contributed by atoms with E-state index in [0.29, 0.717) is 28.5 Å². The smallest absolute Gasteiger partial charge is 0.459 e. The molecule has 42 heavy (non-hydrogen) atoms. The summed E-state index contributed by atoms with van der Waals surface area (Å²) in [5, 5.41) is 4.06. The number of esters is 1. The zero-order chi connectivity index (χ0) is 30.7. The molecule has 0 radical (unpaired) electrons. The van der Waals surface area contributed by atoms with Crippen LogP contribution in [0.4, 0.5) is 5.82 Å². The number of carbonyl (C=O) groups excluding carboxylic acids is 1. The number of nitrogens with one attached hydrogen (secondary N) is 1. The highest BCUT2D eigenvalue weighted by atomic mass is 35.5. The number of pyridine rings is 1. The van der Waals surface area contributed by atoms with E-state index >= 15 is 0 Å². The molecule has 0 saturated carbocycles. The number of rotatable bonds is 12. The molecule has 0 bridgehead atoms. The van der Waals surface area contributed by atoms with Gasteiger partial charge in [0.25, 0.3) is 0 Å². The summed E-state index contributed by atoms with van der Waals surface area (Å²) in [4.78, 5) is 22.0. The third-order valence-corrected chi connectivity index (χ3v) is 8.04. The van der Waals surface area contributed by atoms with E-state index in [4.69, 9.17) is 40.8 Å². The monoisotopic (exact) mass is 617 g/mol. The molecule has 0 aliphatic heterocycles. The number of fused-ring (bicyclic) bond motifs is 3. The first kappa shape index (κ1) is 31.7. The molecule has 2 aromatic carbocycles. The first-order valence-corrected chi connectivity index (χ1v) is 15.6. The highest BCUT2D eigenvalue weighted by molar-refractivity contribution is 7.52. The molecule has 0 amide bonds. The molecule has 2 aromatic heterocycles. The number of hydrogen-bond donors (Lipinski definition) is 2. The maximum absolute atomic E-state index is 14.1. The summed E-state index contributed by atoms with van der Waals surface area (Å²) in [6.07, 6.45) is 0. The summed E-state index contributed by atoms with van der Waals surface area (Å²) in [5.74, 6) is 0.539. The minimum absolute atomic E-state index is 0.0833. The fourth-order valence-electron chi connectivity index (χ4n) is 4.32. The van der Waals surface area contributed by atoms with Gasteiger partial charge in [-0.25, -0.2) is 14.5 Å². The standard InChI is InChI=1S/C29H37ClN5O6P/c1-7-38-17-24-33-25-26(22-10-8-9-11-23(22)32-27(25)31)35(24)18(2)16-39-42(37,41-21-14-12-20(30)13-15-21)34-19(3)28(36)40-29(4,5)6/h8-15,18-19H,7,16-17H2,1-6H3,(H2,31,32)(H,34,37)/t18-,19-,42?/m0/s1. The highest BCUT2D eigenvalue weighted by Crippen LogP contribution is 2.46. The molecule has 226 valence electrons.